The van der Waals surface area contributed by atoms with Gasteiger partial charge in [0.2, 0.25) is 5.91 Å². The second-order valence-corrected chi connectivity index (χ2v) is 5.34. The Bertz CT molecular complexity index is 245. The van der Waals surface area contributed by atoms with Crippen LogP contribution in [0.1, 0.15) is 33.6 Å². The summed E-state index contributed by atoms with van der Waals surface area (Å²) in [4.78, 5) is 13.9. The van der Waals surface area contributed by atoms with Crippen LogP contribution in [0, 0.1) is 5.92 Å². The predicted molar refractivity (Wildman–Crippen MR) is 71.0 cm³/mol. The van der Waals surface area contributed by atoms with Crippen molar-refractivity contribution in [2.24, 2.45) is 5.92 Å². The van der Waals surface area contributed by atoms with Gasteiger partial charge in [-0.1, -0.05) is 13.8 Å². The van der Waals surface area contributed by atoms with Crippen molar-refractivity contribution in [3.8, 4) is 0 Å². The lowest BCUT2D eigenvalue weighted by Gasteiger charge is -2.40. The average molecular weight is 241 g/mol. The average Bonchev–Trinajstić information content (AvgIpc) is 2.29. The molecule has 0 unspecified atom stereocenters. The topological polar surface area (TPSA) is 44.4 Å². The van der Waals surface area contributed by atoms with Gasteiger partial charge in [0, 0.05) is 25.2 Å². The molecule has 17 heavy (non-hydrogen) atoms. The number of piperidine rings is 1. The molecule has 4 nitrogen and oxygen atoms in total. The number of rotatable bonds is 5. The Morgan fingerprint density at radius 1 is 1.41 bits per heavy atom. The molecule has 0 aliphatic carbocycles. The Kier molecular flexibility index (Phi) is 5.92. The highest BCUT2D eigenvalue weighted by atomic mass is 16.1. The summed E-state index contributed by atoms with van der Waals surface area (Å²) < 4.78 is 0. The van der Waals surface area contributed by atoms with Gasteiger partial charge in [0.25, 0.3) is 0 Å². The molecule has 0 spiro atoms. The summed E-state index contributed by atoms with van der Waals surface area (Å²) in [5, 5.41) is 6.29. The van der Waals surface area contributed by atoms with E-state index in [0.717, 1.165) is 25.9 Å². The summed E-state index contributed by atoms with van der Waals surface area (Å²) in [6.45, 7) is 8.90. The molecule has 0 aromatic rings. The quantitative estimate of drug-likeness (QED) is 0.749. The molecule has 1 amide bonds. The highest BCUT2D eigenvalue weighted by Crippen LogP contribution is 2.20. The monoisotopic (exact) mass is 241 g/mol. The minimum absolute atomic E-state index is 0.116. The first-order chi connectivity index (χ1) is 8.04. The van der Waals surface area contributed by atoms with E-state index in [1.807, 2.05) is 0 Å². The standard InChI is InChI=1S/C13H27N3O/c1-5-6-14-13(17)8-15-12-7-11(3)16(4)9-10(12)2/h10-12,15H,5-9H2,1-4H3,(H,14,17)/t10-,11-,12-/m1/s1. The zero-order chi connectivity index (χ0) is 12.8. The molecule has 0 radical (unpaired) electrons. The van der Waals surface area contributed by atoms with Gasteiger partial charge in [0.15, 0.2) is 0 Å². The van der Waals surface area contributed by atoms with E-state index in [4.69, 9.17) is 0 Å². The van der Waals surface area contributed by atoms with Crippen LogP contribution >= 0.6 is 0 Å². The molecule has 4 heteroatoms. The molecule has 0 aromatic heterocycles. The zero-order valence-electron chi connectivity index (χ0n) is 11.6. The lowest BCUT2D eigenvalue weighted by atomic mass is 9.90. The molecule has 0 saturated carbocycles. The molecule has 1 fully saturated rings. The summed E-state index contributed by atoms with van der Waals surface area (Å²) in [5.74, 6) is 0.723. The van der Waals surface area contributed by atoms with E-state index in [9.17, 15) is 4.79 Å². The van der Waals surface area contributed by atoms with Crippen LogP contribution in [0.25, 0.3) is 0 Å². The van der Waals surface area contributed by atoms with Crippen molar-refractivity contribution in [1.82, 2.24) is 15.5 Å². The van der Waals surface area contributed by atoms with Gasteiger partial charge in [0.1, 0.15) is 0 Å². The maximum absolute atomic E-state index is 11.5. The fraction of sp³-hybridized carbons (Fsp3) is 0.923. The summed E-state index contributed by atoms with van der Waals surface area (Å²) in [6.07, 6.45) is 2.12. The third-order valence-corrected chi connectivity index (χ3v) is 3.71. The first-order valence-corrected chi connectivity index (χ1v) is 6.74. The zero-order valence-corrected chi connectivity index (χ0v) is 11.6. The van der Waals surface area contributed by atoms with E-state index in [0.29, 0.717) is 24.5 Å². The van der Waals surface area contributed by atoms with Gasteiger partial charge in [-0.15, -0.1) is 0 Å². The maximum atomic E-state index is 11.5. The third-order valence-electron chi connectivity index (χ3n) is 3.71. The van der Waals surface area contributed by atoms with E-state index in [1.165, 1.54) is 0 Å². The van der Waals surface area contributed by atoms with Crippen LogP contribution in [-0.2, 0) is 4.79 Å². The Labute approximate surface area is 105 Å². The normalized spacial score (nSPS) is 30.2. The largest absolute Gasteiger partial charge is 0.355 e. The SMILES string of the molecule is CCCNC(=O)CN[C@@H]1C[C@@H](C)N(C)C[C@H]1C. The second-order valence-electron chi connectivity index (χ2n) is 5.34. The molecule has 1 saturated heterocycles. The number of carbonyl (C=O) groups is 1. The molecular formula is C13H27N3O. The molecule has 2 N–H and O–H groups in total. The maximum Gasteiger partial charge on any atom is 0.233 e. The van der Waals surface area contributed by atoms with Gasteiger partial charge >= 0.3 is 0 Å². The summed E-state index contributed by atoms with van der Waals surface area (Å²) in [5.41, 5.74) is 0. The molecule has 1 aliphatic heterocycles. The highest BCUT2D eigenvalue weighted by molar-refractivity contribution is 5.77. The minimum atomic E-state index is 0.116. The first-order valence-electron chi connectivity index (χ1n) is 6.74. The van der Waals surface area contributed by atoms with Crippen LogP contribution in [0.3, 0.4) is 0 Å². The van der Waals surface area contributed by atoms with Crippen molar-refractivity contribution < 1.29 is 4.79 Å². The van der Waals surface area contributed by atoms with Crippen LogP contribution in [0.15, 0.2) is 0 Å². The number of hydrogen-bond acceptors (Lipinski definition) is 3. The summed E-state index contributed by atoms with van der Waals surface area (Å²) in [7, 11) is 2.17. The van der Waals surface area contributed by atoms with E-state index < -0.39 is 0 Å². The molecule has 0 aromatic carbocycles. The van der Waals surface area contributed by atoms with Crippen molar-refractivity contribution in [3.05, 3.63) is 0 Å². The highest BCUT2D eigenvalue weighted by Gasteiger charge is 2.28. The second kappa shape index (κ2) is 6.97. The van der Waals surface area contributed by atoms with Gasteiger partial charge in [-0.2, -0.15) is 0 Å². The third kappa shape index (κ3) is 4.64. The molecule has 100 valence electrons. The van der Waals surface area contributed by atoms with Crippen LogP contribution < -0.4 is 10.6 Å². The van der Waals surface area contributed by atoms with Crippen LogP contribution in [0.5, 0.6) is 0 Å². The smallest absolute Gasteiger partial charge is 0.233 e. The van der Waals surface area contributed by atoms with Crippen molar-refractivity contribution >= 4 is 5.91 Å². The van der Waals surface area contributed by atoms with Gasteiger partial charge in [-0.3, -0.25) is 4.79 Å². The Balaban J connectivity index is 2.28. The number of nitrogens with one attached hydrogen (secondary N) is 2. The molecule has 0 bridgehead atoms. The lowest BCUT2D eigenvalue weighted by molar-refractivity contribution is -0.120. The van der Waals surface area contributed by atoms with E-state index in [-0.39, 0.29) is 5.91 Å². The number of likely N-dealkylation sites (tertiary alicyclic amines) is 1. The van der Waals surface area contributed by atoms with Gasteiger partial charge in [-0.05, 0) is 32.7 Å². The van der Waals surface area contributed by atoms with Crippen LogP contribution in [0.4, 0.5) is 0 Å². The summed E-state index contributed by atoms with van der Waals surface area (Å²) in [6, 6.07) is 1.07. The van der Waals surface area contributed by atoms with E-state index >= 15 is 0 Å². The number of hydrogen-bond donors (Lipinski definition) is 2. The number of nitrogens with zero attached hydrogens (tertiary/aromatic N) is 1. The number of carbonyl (C=O) groups excluding carboxylic acids is 1. The molecular weight excluding hydrogens is 214 g/mol. The Hall–Kier alpha value is -0.610. The van der Waals surface area contributed by atoms with Gasteiger partial charge in [-0.25, -0.2) is 0 Å². The summed E-state index contributed by atoms with van der Waals surface area (Å²) >= 11 is 0. The lowest BCUT2D eigenvalue weighted by Crippen LogP contribution is -2.52. The molecule has 1 heterocycles. The van der Waals surface area contributed by atoms with Crippen molar-refractivity contribution in [3.63, 3.8) is 0 Å². The number of amides is 1. The van der Waals surface area contributed by atoms with Crippen molar-refractivity contribution in [2.45, 2.75) is 45.7 Å². The molecule has 1 aliphatic rings. The minimum Gasteiger partial charge on any atom is -0.355 e. The van der Waals surface area contributed by atoms with Gasteiger partial charge in [0.05, 0.1) is 6.54 Å². The Morgan fingerprint density at radius 3 is 2.76 bits per heavy atom. The van der Waals surface area contributed by atoms with Crippen LogP contribution in [-0.4, -0.2) is 49.6 Å². The van der Waals surface area contributed by atoms with E-state index in [2.05, 4.69) is 43.4 Å². The fourth-order valence-corrected chi connectivity index (χ4v) is 2.38. The van der Waals surface area contributed by atoms with E-state index in [1.54, 1.807) is 0 Å². The Morgan fingerprint density at radius 2 is 2.12 bits per heavy atom. The predicted octanol–water partition coefficient (Wildman–Crippen LogP) is 0.831. The van der Waals surface area contributed by atoms with Crippen LogP contribution in [0.2, 0.25) is 0 Å². The fourth-order valence-electron chi connectivity index (χ4n) is 2.38. The molecule has 1 rings (SSSR count). The van der Waals surface area contributed by atoms with Crippen molar-refractivity contribution in [2.75, 3.05) is 26.7 Å². The van der Waals surface area contributed by atoms with Gasteiger partial charge < -0.3 is 15.5 Å². The molecule has 3 atom stereocenters. The van der Waals surface area contributed by atoms with Crippen molar-refractivity contribution in [1.29, 1.82) is 0 Å². The first kappa shape index (κ1) is 14.5.